The Labute approximate surface area is 288 Å². The van der Waals surface area contributed by atoms with Crippen LogP contribution in [-0.4, -0.2) is 40.1 Å². The molecule has 0 radical (unpaired) electrons. The van der Waals surface area contributed by atoms with Gasteiger partial charge in [-0.05, 0) is 110 Å². The molecule has 5 nitrogen and oxygen atoms in total. The summed E-state index contributed by atoms with van der Waals surface area (Å²) in [5.41, 5.74) is 2.77. The van der Waals surface area contributed by atoms with E-state index < -0.39 is 0 Å². The Morgan fingerprint density at radius 2 is 1.72 bits per heavy atom. The molecule has 6 heteroatoms. The second-order valence-corrected chi connectivity index (χ2v) is 16.4. The number of rotatable bonds is 19. The molecule has 1 amide bonds. The smallest absolute Gasteiger partial charge is 0.233 e. The van der Waals surface area contributed by atoms with Crippen molar-refractivity contribution in [3.63, 3.8) is 0 Å². The maximum Gasteiger partial charge on any atom is 0.233 e. The van der Waals surface area contributed by atoms with Crippen LogP contribution in [0.3, 0.4) is 0 Å². The maximum atomic E-state index is 12.1. The van der Waals surface area contributed by atoms with Gasteiger partial charge in [-0.2, -0.15) is 0 Å². The summed E-state index contributed by atoms with van der Waals surface area (Å²) in [6, 6.07) is 10.3. The van der Waals surface area contributed by atoms with E-state index in [-0.39, 0.29) is 6.10 Å². The largest absolute Gasteiger partial charge is 0.393 e. The van der Waals surface area contributed by atoms with Gasteiger partial charge >= 0.3 is 0 Å². The molecule has 46 heavy (non-hydrogen) atoms. The van der Waals surface area contributed by atoms with Crippen LogP contribution in [-0.2, 0) is 16.2 Å². The van der Waals surface area contributed by atoms with E-state index in [9.17, 15) is 9.90 Å². The lowest BCUT2D eigenvalue weighted by atomic mass is 9.58. The molecule has 0 heterocycles. The highest BCUT2D eigenvalue weighted by atomic mass is 32.1. The average Bonchev–Trinajstić information content (AvgIpc) is 3.37. The van der Waals surface area contributed by atoms with Crippen molar-refractivity contribution in [2.75, 3.05) is 13.2 Å². The van der Waals surface area contributed by atoms with Crippen LogP contribution in [0.4, 0.5) is 0 Å². The van der Waals surface area contributed by atoms with Gasteiger partial charge < -0.3 is 9.41 Å². The van der Waals surface area contributed by atoms with E-state index >= 15 is 0 Å². The van der Waals surface area contributed by atoms with E-state index in [0.29, 0.717) is 60.1 Å². The molecule has 0 spiro atoms. The summed E-state index contributed by atoms with van der Waals surface area (Å²) in [7, 11) is 0. The standard InChI is InChI=1S/C40H68N2O3S/c1-9-15-34(42(46)27-32-16-13-12-14-17-32)28-41(29-43)45-24-21-30(4)36-18-19-37(40(36,8)22-10-2)31(5)25-33(11-3)38-26-35(44)20-23-39(38,6)7/h12-17,29-31,33,35-38,44,46H,9-11,18-28H2,1-8H3/b34-15+/t30-,31?,33+,35-,36?,37?,38?,40?/m1/s1. The number of thiol groups is 1. The lowest BCUT2D eigenvalue weighted by Crippen LogP contribution is -2.40. The molecule has 3 rings (SSSR count). The molecule has 8 atom stereocenters. The third kappa shape index (κ3) is 10.3. The zero-order chi connectivity index (χ0) is 33.9. The van der Waals surface area contributed by atoms with Crippen molar-refractivity contribution in [3.05, 3.63) is 47.7 Å². The number of hydrogen-bond acceptors (Lipinski definition) is 5. The first kappa shape index (κ1) is 38.9. The highest BCUT2D eigenvalue weighted by Crippen LogP contribution is 2.58. The van der Waals surface area contributed by atoms with E-state index in [4.69, 9.17) is 17.7 Å². The molecule has 1 aromatic rings. The normalized spacial score (nSPS) is 28.4. The Bertz CT molecular complexity index is 1060. The fourth-order valence-electron chi connectivity index (χ4n) is 9.79. The van der Waals surface area contributed by atoms with Gasteiger partial charge in [-0.1, -0.05) is 117 Å². The molecule has 0 saturated heterocycles. The molecule has 2 aliphatic rings. The molecule has 2 saturated carbocycles. The van der Waals surface area contributed by atoms with Crippen LogP contribution in [0.1, 0.15) is 132 Å². The predicted octanol–water partition coefficient (Wildman–Crippen LogP) is 10.1. The first-order chi connectivity index (χ1) is 21.9. The van der Waals surface area contributed by atoms with E-state index in [1.165, 1.54) is 49.2 Å². The molecule has 0 aliphatic heterocycles. The zero-order valence-electron chi connectivity index (χ0n) is 30.6. The van der Waals surface area contributed by atoms with Crippen LogP contribution in [0.5, 0.6) is 0 Å². The van der Waals surface area contributed by atoms with Gasteiger partial charge in [0.1, 0.15) is 0 Å². The number of nitrogens with zero attached hydrogens (tertiary/aromatic N) is 2. The van der Waals surface area contributed by atoms with E-state index in [0.717, 1.165) is 50.1 Å². The van der Waals surface area contributed by atoms with Crippen LogP contribution in [0.25, 0.3) is 0 Å². The van der Waals surface area contributed by atoms with Crippen LogP contribution in [0, 0.1) is 46.3 Å². The first-order valence-corrected chi connectivity index (χ1v) is 19.0. The summed E-state index contributed by atoms with van der Waals surface area (Å²) >= 11 is 4.76. The quantitative estimate of drug-likeness (QED) is 0.0884. The number of allylic oxidation sites excluding steroid dienone is 1. The van der Waals surface area contributed by atoms with Crippen molar-refractivity contribution in [1.82, 2.24) is 9.37 Å². The van der Waals surface area contributed by atoms with Gasteiger partial charge in [-0.15, -0.1) is 0 Å². The number of amides is 1. The number of carbonyl (C=O) groups excluding carboxylic acids is 1. The second-order valence-electron chi connectivity index (χ2n) is 15.9. The van der Waals surface area contributed by atoms with Crippen LogP contribution in [0.15, 0.2) is 42.1 Å². The highest BCUT2D eigenvalue weighted by Gasteiger charge is 2.50. The molecule has 2 fully saturated rings. The minimum absolute atomic E-state index is 0.123. The number of carbonyl (C=O) groups is 1. The Balaban J connectivity index is 1.60. The zero-order valence-corrected chi connectivity index (χ0v) is 31.5. The third-order valence-electron chi connectivity index (χ3n) is 12.3. The monoisotopic (exact) mass is 656 g/mol. The Morgan fingerprint density at radius 1 is 1.04 bits per heavy atom. The molecular formula is C40H68N2O3S. The van der Waals surface area contributed by atoms with Crippen LogP contribution >= 0.6 is 12.8 Å². The fraction of sp³-hybridized carbons (Fsp3) is 0.775. The van der Waals surface area contributed by atoms with Gasteiger partial charge in [0.15, 0.2) is 0 Å². The van der Waals surface area contributed by atoms with E-state index in [1.54, 1.807) is 0 Å². The van der Waals surface area contributed by atoms with Crippen molar-refractivity contribution >= 4 is 19.2 Å². The van der Waals surface area contributed by atoms with Crippen molar-refractivity contribution in [1.29, 1.82) is 0 Å². The van der Waals surface area contributed by atoms with E-state index in [1.807, 2.05) is 22.5 Å². The topological polar surface area (TPSA) is 53.0 Å². The number of hydrogen-bond donors (Lipinski definition) is 2. The molecule has 1 N–H and O–H groups in total. The summed E-state index contributed by atoms with van der Waals surface area (Å²) in [4.78, 5) is 18.2. The van der Waals surface area contributed by atoms with Crippen LogP contribution < -0.4 is 0 Å². The summed E-state index contributed by atoms with van der Waals surface area (Å²) in [6.45, 7) is 20.8. The van der Waals surface area contributed by atoms with Crippen molar-refractivity contribution in [2.45, 2.75) is 139 Å². The van der Waals surface area contributed by atoms with Crippen LogP contribution in [0.2, 0.25) is 0 Å². The minimum atomic E-state index is -0.123. The lowest BCUT2D eigenvalue weighted by Gasteiger charge is -2.47. The average molecular weight is 657 g/mol. The molecule has 1 aromatic carbocycles. The number of aliphatic hydroxyl groups is 1. The summed E-state index contributed by atoms with van der Waals surface area (Å²) in [5.74, 6) is 3.88. The van der Waals surface area contributed by atoms with Gasteiger partial charge in [0.05, 0.1) is 25.8 Å². The Hall–Kier alpha value is -1.50. The third-order valence-corrected chi connectivity index (χ3v) is 12.7. The molecule has 5 unspecified atom stereocenters. The summed E-state index contributed by atoms with van der Waals surface area (Å²) in [6.07, 6.45) is 15.3. The van der Waals surface area contributed by atoms with Gasteiger partial charge in [-0.25, -0.2) is 5.06 Å². The number of hydroxylamine groups is 2. The Kier molecular flexibility index (Phi) is 15.5. The summed E-state index contributed by atoms with van der Waals surface area (Å²) < 4.78 is 1.91. The minimum Gasteiger partial charge on any atom is -0.393 e. The molecule has 2 aliphatic carbocycles. The molecule has 0 bridgehead atoms. The number of aliphatic hydroxyl groups excluding tert-OH is 1. The highest BCUT2D eigenvalue weighted by molar-refractivity contribution is 7.77. The SMILES string of the molecule is CC/C=C(\CN(C=O)OCC[C@@H](C)C1CCC(C(C)C[C@H](CC)C2C[C@H](O)CCC2(C)C)C1(C)CCC)N(S)Cc1ccccc1. The predicted molar refractivity (Wildman–Crippen MR) is 196 cm³/mol. The van der Waals surface area contributed by atoms with Gasteiger partial charge in [-0.3, -0.25) is 9.63 Å². The van der Waals surface area contributed by atoms with Gasteiger partial charge in [0, 0.05) is 5.70 Å². The van der Waals surface area contributed by atoms with Crippen molar-refractivity contribution in [3.8, 4) is 0 Å². The van der Waals surface area contributed by atoms with Gasteiger partial charge in [0.2, 0.25) is 6.41 Å². The van der Waals surface area contributed by atoms with Crippen molar-refractivity contribution < 1.29 is 14.7 Å². The molecule has 262 valence electrons. The molecular weight excluding hydrogens is 589 g/mol. The van der Waals surface area contributed by atoms with E-state index in [2.05, 4.69) is 73.6 Å². The van der Waals surface area contributed by atoms with Crippen molar-refractivity contribution in [2.24, 2.45) is 46.3 Å². The fourth-order valence-corrected chi connectivity index (χ4v) is 10.1. The van der Waals surface area contributed by atoms with Gasteiger partial charge in [0.25, 0.3) is 0 Å². The number of benzene rings is 1. The molecule has 0 aromatic heterocycles. The Morgan fingerprint density at radius 3 is 2.33 bits per heavy atom. The second kappa shape index (κ2) is 18.3. The summed E-state index contributed by atoms with van der Waals surface area (Å²) in [5, 5.41) is 12.0. The first-order valence-electron chi connectivity index (χ1n) is 18.6. The lowest BCUT2D eigenvalue weighted by molar-refractivity contribution is -0.172. The maximum absolute atomic E-state index is 12.1.